The number of primary amides is 1. The number of likely N-dealkylation sites (N-methyl/N-ethyl adjacent to an activating group) is 1. The number of hydrogen-bond donors (Lipinski definition) is 3. The third-order valence-corrected chi connectivity index (χ3v) is 5.81. The Morgan fingerprint density at radius 1 is 1.17 bits per heavy atom. The minimum absolute atomic E-state index is 0.00625. The second-order valence-corrected chi connectivity index (χ2v) is 8.03. The van der Waals surface area contributed by atoms with E-state index in [4.69, 9.17) is 10.5 Å². The molecule has 0 spiro atoms. The molecule has 0 atom stereocenters. The van der Waals surface area contributed by atoms with Gasteiger partial charge in [0, 0.05) is 16.6 Å². The summed E-state index contributed by atoms with van der Waals surface area (Å²) in [4.78, 5) is 39.1. The zero-order valence-corrected chi connectivity index (χ0v) is 17.2. The quantitative estimate of drug-likeness (QED) is 0.608. The van der Waals surface area contributed by atoms with Crippen molar-refractivity contribution < 1.29 is 19.1 Å². The van der Waals surface area contributed by atoms with Gasteiger partial charge in [-0.1, -0.05) is 6.07 Å². The molecule has 154 valence electrons. The van der Waals surface area contributed by atoms with Gasteiger partial charge in [-0.05, 0) is 44.0 Å². The van der Waals surface area contributed by atoms with Crippen molar-refractivity contribution >= 4 is 39.7 Å². The first-order chi connectivity index (χ1) is 13.9. The number of fused-ring (bicyclic) bond motifs is 1. The molecule has 0 saturated carbocycles. The Bertz CT molecular complexity index is 941. The van der Waals surface area contributed by atoms with E-state index >= 15 is 0 Å². The van der Waals surface area contributed by atoms with Gasteiger partial charge < -0.3 is 21.1 Å². The van der Waals surface area contributed by atoms with E-state index in [9.17, 15) is 14.4 Å². The van der Waals surface area contributed by atoms with Crippen LogP contribution in [0.3, 0.4) is 0 Å². The number of methoxy groups -OCH3 is 1. The number of benzene rings is 1. The largest absolute Gasteiger partial charge is 0.497 e. The highest BCUT2D eigenvalue weighted by atomic mass is 32.1. The molecule has 0 aliphatic heterocycles. The molecule has 4 N–H and O–H groups in total. The molecule has 1 aromatic heterocycles. The maximum Gasteiger partial charge on any atom is 0.251 e. The lowest BCUT2D eigenvalue weighted by molar-refractivity contribution is -0.119. The first-order valence-corrected chi connectivity index (χ1v) is 10.1. The van der Waals surface area contributed by atoms with Gasteiger partial charge in [0.2, 0.25) is 11.8 Å². The summed E-state index contributed by atoms with van der Waals surface area (Å²) >= 11 is 1.41. The molecular weight excluding hydrogens is 392 g/mol. The number of nitrogens with zero attached hydrogens (tertiary/aromatic N) is 1. The summed E-state index contributed by atoms with van der Waals surface area (Å²) in [6.07, 6.45) is 2.71. The summed E-state index contributed by atoms with van der Waals surface area (Å²) in [6, 6.07) is 7.04. The monoisotopic (exact) mass is 416 g/mol. The molecule has 1 aromatic carbocycles. The first kappa shape index (κ1) is 20.8. The van der Waals surface area contributed by atoms with E-state index in [1.54, 1.807) is 43.3 Å². The number of rotatable bonds is 8. The van der Waals surface area contributed by atoms with Crippen molar-refractivity contribution in [3.8, 4) is 5.75 Å². The van der Waals surface area contributed by atoms with E-state index in [1.807, 2.05) is 0 Å². The number of carbonyl (C=O) groups is 3. The van der Waals surface area contributed by atoms with E-state index < -0.39 is 5.91 Å². The van der Waals surface area contributed by atoms with Crippen LogP contribution in [-0.2, 0) is 22.4 Å². The van der Waals surface area contributed by atoms with Gasteiger partial charge in [-0.15, -0.1) is 11.3 Å². The van der Waals surface area contributed by atoms with E-state index in [1.165, 1.54) is 11.3 Å². The normalized spacial score (nSPS) is 12.5. The second-order valence-electron chi connectivity index (χ2n) is 6.93. The number of thiophene rings is 1. The molecule has 0 radical (unpaired) electrons. The highest BCUT2D eigenvalue weighted by molar-refractivity contribution is 7.17. The molecule has 3 rings (SSSR count). The van der Waals surface area contributed by atoms with Crippen LogP contribution in [0.1, 0.15) is 27.2 Å². The first-order valence-electron chi connectivity index (χ1n) is 9.24. The number of amides is 3. The van der Waals surface area contributed by atoms with Crippen LogP contribution in [0.4, 0.5) is 10.7 Å². The maximum absolute atomic E-state index is 12.4. The second kappa shape index (κ2) is 9.06. The summed E-state index contributed by atoms with van der Waals surface area (Å²) in [5, 5.41) is 6.05. The van der Waals surface area contributed by atoms with Crippen LogP contribution in [0.25, 0.3) is 0 Å². The molecule has 0 unspecified atom stereocenters. The number of ether oxygens (including phenoxy) is 1. The molecule has 29 heavy (non-hydrogen) atoms. The van der Waals surface area contributed by atoms with E-state index in [0.717, 1.165) is 29.7 Å². The van der Waals surface area contributed by atoms with Gasteiger partial charge in [0.15, 0.2) is 0 Å². The van der Waals surface area contributed by atoms with E-state index in [0.29, 0.717) is 22.0 Å². The predicted molar refractivity (Wildman–Crippen MR) is 113 cm³/mol. The van der Waals surface area contributed by atoms with Gasteiger partial charge >= 0.3 is 0 Å². The highest BCUT2D eigenvalue weighted by Gasteiger charge is 2.26. The molecule has 1 aliphatic rings. The molecule has 0 fully saturated rings. The molecule has 3 amide bonds. The fourth-order valence-corrected chi connectivity index (χ4v) is 4.68. The minimum atomic E-state index is -0.522. The summed E-state index contributed by atoms with van der Waals surface area (Å²) in [7, 11) is 3.23. The Morgan fingerprint density at radius 3 is 2.59 bits per heavy atom. The van der Waals surface area contributed by atoms with Gasteiger partial charge in [-0.3, -0.25) is 19.3 Å². The SMILES string of the molecule is COc1cccc(NC(=O)CN(C)CC(=O)Nc2sc3c(c2C(N)=O)CCC3)c1. The number of nitrogens with two attached hydrogens (primary N) is 1. The van der Waals surface area contributed by atoms with Crippen LogP contribution in [0.2, 0.25) is 0 Å². The van der Waals surface area contributed by atoms with Crippen molar-refractivity contribution in [2.75, 3.05) is 37.9 Å². The number of nitrogens with one attached hydrogen (secondary N) is 2. The van der Waals surface area contributed by atoms with Crippen molar-refractivity contribution in [1.82, 2.24) is 4.90 Å². The Labute approximate surface area is 173 Å². The summed E-state index contributed by atoms with van der Waals surface area (Å²) in [6.45, 7) is 0.0422. The van der Waals surface area contributed by atoms with Crippen molar-refractivity contribution in [2.24, 2.45) is 5.73 Å². The number of aryl methyl sites for hydroxylation is 1. The Kier molecular flexibility index (Phi) is 6.50. The Morgan fingerprint density at radius 2 is 1.90 bits per heavy atom. The maximum atomic E-state index is 12.4. The Hall–Kier alpha value is -2.91. The van der Waals surface area contributed by atoms with Gasteiger partial charge in [0.05, 0.1) is 25.8 Å². The molecule has 1 heterocycles. The molecule has 1 aliphatic carbocycles. The van der Waals surface area contributed by atoms with Crippen molar-refractivity contribution in [2.45, 2.75) is 19.3 Å². The third kappa shape index (κ3) is 5.12. The summed E-state index contributed by atoms with van der Waals surface area (Å²) in [5.74, 6) is -0.431. The van der Waals surface area contributed by atoms with Gasteiger partial charge in [-0.2, -0.15) is 0 Å². The third-order valence-electron chi connectivity index (χ3n) is 4.60. The number of anilines is 2. The molecular formula is C20H24N4O4S. The Balaban J connectivity index is 1.54. The van der Waals surface area contributed by atoms with E-state index in [-0.39, 0.29) is 24.9 Å². The fourth-order valence-electron chi connectivity index (χ4n) is 3.37. The number of hydrogen-bond acceptors (Lipinski definition) is 6. The summed E-state index contributed by atoms with van der Waals surface area (Å²) < 4.78 is 5.13. The van der Waals surface area contributed by atoms with Crippen LogP contribution >= 0.6 is 11.3 Å². The fraction of sp³-hybridized carbons (Fsp3) is 0.350. The topological polar surface area (TPSA) is 114 Å². The zero-order chi connectivity index (χ0) is 21.0. The molecule has 2 aromatic rings. The highest BCUT2D eigenvalue weighted by Crippen LogP contribution is 2.38. The van der Waals surface area contributed by atoms with Crippen LogP contribution in [0, 0.1) is 0 Å². The van der Waals surface area contributed by atoms with Gasteiger partial charge in [0.1, 0.15) is 10.8 Å². The standard InChI is InChI=1S/C20H24N4O4S/c1-24(10-16(25)22-12-5-3-6-13(9-12)28-2)11-17(26)23-20-18(19(21)27)14-7-4-8-15(14)29-20/h3,5-6,9H,4,7-8,10-11H2,1-2H3,(H2,21,27)(H,22,25)(H,23,26). The van der Waals surface area contributed by atoms with Gasteiger partial charge in [0.25, 0.3) is 5.91 Å². The lowest BCUT2D eigenvalue weighted by Crippen LogP contribution is -2.36. The van der Waals surface area contributed by atoms with Crippen LogP contribution in [-0.4, -0.2) is 49.9 Å². The average molecular weight is 417 g/mol. The van der Waals surface area contributed by atoms with Crippen molar-refractivity contribution in [1.29, 1.82) is 0 Å². The molecule has 9 heteroatoms. The zero-order valence-electron chi connectivity index (χ0n) is 16.4. The van der Waals surface area contributed by atoms with E-state index in [2.05, 4.69) is 10.6 Å². The van der Waals surface area contributed by atoms with Crippen molar-refractivity contribution in [3.63, 3.8) is 0 Å². The summed E-state index contributed by atoms with van der Waals surface area (Å²) in [5.41, 5.74) is 7.52. The predicted octanol–water partition coefficient (Wildman–Crippen LogP) is 1.85. The molecule has 0 bridgehead atoms. The lowest BCUT2D eigenvalue weighted by atomic mass is 10.1. The van der Waals surface area contributed by atoms with Crippen LogP contribution in [0.15, 0.2) is 24.3 Å². The van der Waals surface area contributed by atoms with Crippen molar-refractivity contribution in [3.05, 3.63) is 40.3 Å². The van der Waals surface area contributed by atoms with Crippen LogP contribution < -0.4 is 21.1 Å². The smallest absolute Gasteiger partial charge is 0.251 e. The average Bonchev–Trinajstić information content (AvgIpc) is 3.21. The van der Waals surface area contributed by atoms with Gasteiger partial charge in [-0.25, -0.2) is 0 Å². The van der Waals surface area contributed by atoms with Crippen LogP contribution in [0.5, 0.6) is 5.75 Å². The molecule has 8 nitrogen and oxygen atoms in total. The molecule has 0 saturated heterocycles. The minimum Gasteiger partial charge on any atom is -0.497 e. The number of carbonyl (C=O) groups excluding carboxylic acids is 3. The lowest BCUT2D eigenvalue weighted by Gasteiger charge is -2.16.